The number of carbonyl (C=O) groups excluding carboxylic acids is 1. The topological polar surface area (TPSA) is 93.8 Å². The molecule has 0 saturated heterocycles. The molecule has 0 aliphatic rings. The molecule has 2 heterocycles. The molecule has 7 nitrogen and oxygen atoms in total. The molecule has 0 aliphatic heterocycles. The van der Waals surface area contributed by atoms with Gasteiger partial charge in [0.2, 0.25) is 22.8 Å². The second-order valence-electron chi connectivity index (χ2n) is 4.43. The fraction of sp³-hybridized carbons (Fsp3) is 0.214. The van der Waals surface area contributed by atoms with Gasteiger partial charge in [-0.1, -0.05) is 48.2 Å². The maximum atomic E-state index is 11.3. The average Bonchev–Trinajstić information content (AvgIpc) is 3.23. The highest BCUT2D eigenvalue weighted by atomic mass is 32.2. The second-order valence-corrected chi connectivity index (χ2v) is 6.63. The van der Waals surface area contributed by atoms with Gasteiger partial charge < -0.3 is 9.73 Å². The van der Waals surface area contributed by atoms with Gasteiger partial charge in [0.05, 0.1) is 5.75 Å². The number of benzene rings is 1. The van der Waals surface area contributed by atoms with Crippen LogP contribution < -0.4 is 5.32 Å². The number of amides is 1. The van der Waals surface area contributed by atoms with E-state index in [1.807, 2.05) is 30.3 Å². The van der Waals surface area contributed by atoms with E-state index in [0.717, 1.165) is 9.90 Å². The minimum Gasteiger partial charge on any atom is -0.420 e. The lowest BCUT2D eigenvalue weighted by Crippen LogP contribution is -2.08. The first-order valence-electron chi connectivity index (χ1n) is 6.88. The van der Waals surface area contributed by atoms with Crippen molar-refractivity contribution in [2.45, 2.75) is 23.4 Å². The van der Waals surface area contributed by atoms with Crippen LogP contribution in [0.4, 0.5) is 5.13 Å². The summed E-state index contributed by atoms with van der Waals surface area (Å²) in [4.78, 5) is 11.3. The van der Waals surface area contributed by atoms with Crippen molar-refractivity contribution in [1.82, 2.24) is 20.4 Å². The van der Waals surface area contributed by atoms with E-state index in [9.17, 15) is 4.79 Å². The molecule has 3 rings (SSSR count). The van der Waals surface area contributed by atoms with E-state index in [2.05, 4.69) is 25.7 Å². The van der Waals surface area contributed by atoms with Gasteiger partial charge in [-0.05, 0) is 12.1 Å². The van der Waals surface area contributed by atoms with Crippen LogP contribution in [0.3, 0.4) is 0 Å². The zero-order valence-electron chi connectivity index (χ0n) is 12.2. The Morgan fingerprint density at radius 2 is 2.04 bits per heavy atom. The third-order valence-corrected chi connectivity index (χ3v) is 4.74. The number of nitrogens with one attached hydrogen (secondary N) is 1. The number of aromatic nitrogens is 4. The molecule has 0 unspecified atom stereocenters. The Kier molecular flexibility index (Phi) is 4.99. The van der Waals surface area contributed by atoms with E-state index in [-0.39, 0.29) is 5.91 Å². The standard InChI is InChI=1S/C14H13N5O2S2/c1-2-10(20)15-13-18-19-14(23-13)22-8-11-16-17-12(21-11)9-6-4-3-5-7-9/h3-7H,2,8H2,1H3,(H,15,18,20). The number of anilines is 1. The molecule has 2 aromatic heterocycles. The van der Waals surface area contributed by atoms with Gasteiger partial charge in [-0.2, -0.15) is 0 Å². The third-order valence-electron chi connectivity index (χ3n) is 2.78. The van der Waals surface area contributed by atoms with Crippen molar-refractivity contribution in [3.8, 4) is 11.5 Å². The Bertz CT molecular complexity index is 787. The summed E-state index contributed by atoms with van der Waals surface area (Å²) in [7, 11) is 0. The first kappa shape index (κ1) is 15.6. The van der Waals surface area contributed by atoms with E-state index < -0.39 is 0 Å². The molecular weight excluding hydrogens is 334 g/mol. The molecule has 9 heteroatoms. The van der Waals surface area contributed by atoms with E-state index >= 15 is 0 Å². The lowest BCUT2D eigenvalue weighted by atomic mass is 10.2. The van der Waals surface area contributed by atoms with Crippen molar-refractivity contribution in [1.29, 1.82) is 0 Å². The predicted octanol–water partition coefficient (Wildman–Crippen LogP) is 3.23. The van der Waals surface area contributed by atoms with Crippen molar-refractivity contribution < 1.29 is 9.21 Å². The maximum Gasteiger partial charge on any atom is 0.247 e. The van der Waals surface area contributed by atoms with Crippen LogP contribution in [-0.2, 0) is 10.5 Å². The highest BCUT2D eigenvalue weighted by Crippen LogP contribution is 2.28. The third kappa shape index (κ3) is 4.14. The predicted molar refractivity (Wildman–Crippen MR) is 88.1 cm³/mol. The molecule has 0 fully saturated rings. The number of thioether (sulfide) groups is 1. The van der Waals surface area contributed by atoms with Crippen molar-refractivity contribution in [2.24, 2.45) is 0 Å². The van der Waals surface area contributed by atoms with Crippen LogP contribution >= 0.6 is 23.1 Å². The van der Waals surface area contributed by atoms with Gasteiger partial charge in [-0.3, -0.25) is 4.79 Å². The number of nitrogens with zero attached hydrogens (tertiary/aromatic N) is 4. The van der Waals surface area contributed by atoms with Crippen LogP contribution in [0.5, 0.6) is 0 Å². The summed E-state index contributed by atoms with van der Waals surface area (Å²) in [6, 6.07) is 9.60. The molecule has 0 aliphatic carbocycles. The van der Waals surface area contributed by atoms with E-state index in [0.29, 0.717) is 29.1 Å². The Morgan fingerprint density at radius 1 is 1.22 bits per heavy atom. The normalized spacial score (nSPS) is 10.7. The Labute approximate surface area is 140 Å². The van der Waals surface area contributed by atoms with Gasteiger partial charge in [-0.25, -0.2) is 0 Å². The minimum absolute atomic E-state index is 0.0814. The highest BCUT2D eigenvalue weighted by Gasteiger charge is 2.11. The fourth-order valence-electron chi connectivity index (χ4n) is 1.66. The van der Waals surface area contributed by atoms with Crippen LogP contribution in [0.15, 0.2) is 39.1 Å². The van der Waals surface area contributed by atoms with Crippen LogP contribution in [-0.4, -0.2) is 26.3 Å². The fourth-order valence-corrected chi connectivity index (χ4v) is 3.26. The Morgan fingerprint density at radius 3 is 2.83 bits per heavy atom. The molecule has 0 saturated carbocycles. The van der Waals surface area contributed by atoms with Crippen LogP contribution in [0.25, 0.3) is 11.5 Å². The molecular formula is C14H13N5O2S2. The van der Waals surface area contributed by atoms with Crippen molar-refractivity contribution in [2.75, 3.05) is 5.32 Å². The number of hydrogen-bond donors (Lipinski definition) is 1. The van der Waals surface area contributed by atoms with Crippen molar-refractivity contribution in [3.63, 3.8) is 0 Å². The van der Waals surface area contributed by atoms with E-state index in [1.165, 1.54) is 23.1 Å². The molecule has 0 spiro atoms. The molecule has 0 bridgehead atoms. The van der Waals surface area contributed by atoms with Crippen LogP contribution in [0.2, 0.25) is 0 Å². The second kappa shape index (κ2) is 7.34. The number of carbonyl (C=O) groups is 1. The molecule has 23 heavy (non-hydrogen) atoms. The number of rotatable bonds is 6. The van der Waals surface area contributed by atoms with Gasteiger partial charge in [0.15, 0.2) is 4.34 Å². The largest absolute Gasteiger partial charge is 0.420 e. The minimum atomic E-state index is -0.0814. The molecule has 0 radical (unpaired) electrons. The molecule has 1 aromatic carbocycles. The molecule has 3 aromatic rings. The van der Waals surface area contributed by atoms with E-state index in [4.69, 9.17) is 4.42 Å². The lowest BCUT2D eigenvalue weighted by Gasteiger charge is -1.94. The highest BCUT2D eigenvalue weighted by molar-refractivity contribution is 8.00. The quantitative estimate of drug-likeness (QED) is 0.540. The lowest BCUT2D eigenvalue weighted by molar-refractivity contribution is -0.115. The van der Waals surface area contributed by atoms with Gasteiger partial charge in [-0.15, -0.1) is 20.4 Å². The maximum absolute atomic E-state index is 11.3. The Balaban J connectivity index is 1.59. The van der Waals surface area contributed by atoms with Crippen LogP contribution in [0.1, 0.15) is 19.2 Å². The smallest absolute Gasteiger partial charge is 0.247 e. The van der Waals surface area contributed by atoms with Gasteiger partial charge in [0.25, 0.3) is 0 Å². The monoisotopic (exact) mass is 347 g/mol. The summed E-state index contributed by atoms with van der Waals surface area (Å²) < 4.78 is 6.36. The first-order valence-corrected chi connectivity index (χ1v) is 8.68. The summed E-state index contributed by atoms with van der Waals surface area (Å²) in [6.07, 6.45) is 0.409. The van der Waals surface area contributed by atoms with Gasteiger partial charge in [0, 0.05) is 12.0 Å². The Hall–Kier alpha value is -2.26. The zero-order valence-corrected chi connectivity index (χ0v) is 13.9. The SMILES string of the molecule is CCC(=O)Nc1nnc(SCc2nnc(-c3ccccc3)o2)s1. The summed E-state index contributed by atoms with van der Waals surface area (Å²) in [5, 5.41) is 19.2. The summed E-state index contributed by atoms with van der Waals surface area (Å²) >= 11 is 2.75. The van der Waals surface area contributed by atoms with Crippen molar-refractivity contribution in [3.05, 3.63) is 36.2 Å². The van der Waals surface area contributed by atoms with Crippen LogP contribution in [0, 0.1) is 0 Å². The summed E-state index contributed by atoms with van der Waals surface area (Å²) in [5.41, 5.74) is 0.886. The summed E-state index contributed by atoms with van der Waals surface area (Å²) in [5.74, 6) is 1.43. The van der Waals surface area contributed by atoms with Crippen molar-refractivity contribution >= 4 is 34.1 Å². The van der Waals surface area contributed by atoms with Gasteiger partial charge in [0.1, 0.15) is 0 Å². The molecule has 0 atom stereocenters. The summed E-state index contributed by atoms with van der Waals surface area (Å²) in [6.45, 7) is 1.78. The zero-order chi connectivity index (χ0) is 16.1. The van der Waals surface area contributed by atoms with E-state index in [1.54, 1.807) is 6.92 Å². The number of hydrogen-bond acceptors (Lipinski definition) is 8. The molecule has 118 valence electrons. The first-order chi connectivity index (χ1) is 11.2. The molecule has 1 amide bonds. The van der Waals surface area contributed by atoms with Gasteiger partial charge >= 0.3 is 0 Å². The average molecular weight is 347 g/mol. The molecule has 1 N–H and O–H groups in total.